The second-order valence-electron chi connectivity index (χ2n) is 3.21. The number of rotatable bonds is 4. The summed E-state index contributed by atoms with van der Waals surface area (Å²) in [5.41, 5.74) is 6.23. The lowest BCUT2D eigenvalue weighted by atomic mass is 10.2. The molecule has 0 aliphatic rings. The predicted molar refractivity (Wildman–Crippen MR) is 76.2 cm³/mol. The van der Waals surface area contributed by atoms with Crippen molar-refractivity contribution in [3.8, 4) is 0 Å². The average molecular weight is 351 g/mol. The number of Topliss-reactive ketones (excluding diaryl/α,β-unsaturated/α-hetero) is 2. The Morgan fingerprint density at radius 3 is 1.84 bits per heavy atom. The van der Waals surface area contributed by atoms with Crippen LogP contribution in [0, 0.1) is 0 Å². The number of alkyl halides is 1. The molecule has 0 bridgehead atoms. The zero-order chi connectivity index (χ0) is 13.4. The lowest BCUT2D eigenvalue weighted by molar-refractivity contribution is 0.0997. The molecular formula is C12H13BrClNO4. The third-order valence-electron chi connectivity index (χ3n) is 1.99. The van der Waals surface area contributed by atoms with E-state index in [0.29, 0.717) is 16.5 Å². The fourth-order valence-corrected chi connectivity index (χ4v) is 1.37. The molecule has 0 fully saturated rings. The maximum Gasteiger partial charge on any atom is 0.179 e. The molecule has 0 spiro atoms. The van der Waals surface area contributed by atoms with Gasteiger partial charge in [0.2, 0.25) is 0 Å². The molecule has 0 aliphatic heterocycles. The highest BCUT2D eigenvalue weighted by molar-refractivity contribution is 9.09. The number of carbonyl (C=O) groups excluding carboxylic acids is 2. The van der Waals surface area contributed by atoms with Crippen LogP contribution in [0.2, 0.25) is 0 Å². The molecular weight excluding hydrogens is 337 g/mol. The van der Waals surface area contributed by atoms with E-state index in [-0.39, 0.29) is 30.5 Å². The number of halogens is 2. The van der Waals surface area contributed by atoms with E-state index in [1.54, 1.807) is 12.1 Å². The minimum atomic E-state index is -0.0937. The van der Waals surface area contributed by atoms with Crippen LogP contribution in [0.25, 0.3) is 0 Å². The molecule has 0 radical (unpaired) electrons. The summed E-state index contributed by atoms with van der Waals surface area (Å²) in [6.45, 7) is 0.0412. The van der Waals surface area contributed by atoms with E-state index >= 15 is 0 Å². The normalized spacial score (nSPS) is 8.95. The monoisotopic (exact) mass is 349 g/mol. The van der Waals surface area contributed by atoms with Gasteiger partial charge in [0.15, 0.2) is 11.6 Å². The van der Waals surface area contributed by atoms with Crippen molar-refractivity contribution < 1.29 is 18.4 Å². The van der Waals surface area contributed by atoms with Crippen molar-refractivity contribution in [2.75, 3.05) is 11.9 Å². The van der Waals surface area contributed by atoms with Gasteiger partial charge >= 0.3 is 0 Å². The van der Waals surface area contributed by atoms with Crippen LogP contribution < -0.4 is 5.73 Å². The first-order valence-electron chi connectivity index (χ1n) is 5.06. The molecule has 5 nitrogen and oxygen atoms in total. The molecule has 0 aromatic carbocycles. The highest BCUT2D eigenvalue weighted by Crippen LogP contribution is 2.02. The third-order valence-corrected chi connectivity index (χ3v) is 2.50. The van der Waals surface area contributed by atoms with Gasteiger partial charge in [-0.2, -0.15) is 0 Å². The van der Waals surface area contributed by atoms with Gasteiger partial charge in [-0.1, -0.05) is 15.9 Å². The quantitative estimate of drug-likeness (QED) is 0.677. The Morgan fingerprint density at radius 1 is 1.05 bits per heavy atom. The molecule has 0 unspecified atom stereocenters. The van der Waals surface area contributed by atoms with Crippen LogP contribution in [-0.4, -0.2) is 23.4 Å². The fourth-order valence-electron chi connectivity index (χ4n) is 1.04. The molecule has 0 saturated carbocycles. The standard InChI is InChI=1S/C6H5BrO2.C6H7NO2.ClH/c2*7-3-6(8)5-1-2-9-4-5;/h1-2,4H,3H2;1-2,4H,3,7H2;1H. The van der Waals surface area contributed by atoms with Gasteiger partial charge in [-0.15, -0.1) is 12.4 Å². The molecule has 0 saturated heterocycles. The van der Waals surface area contributed by atoms with E-state index < -0.39 is 0 Å². The van der Waals surface area contributed by atoms with Crippen molar-refractivity contribution in [3.63, 3.8) is 0 Å². The summed E-state index contributed by atoms with van der Waals surface area (Å²) in [5.74, 6) is -0.0486. The van der Waals surface area contributed by atoms with Gasteiger partial charge in [-0.05, 0) is 12.1 Å². The van der Waals surface area contributed by atoms with E-state index in [2.05, 4.69) is 20.3 Å². The molecule has 2 aromatic heterocycles. The smallest absolute Gasteiger partial charge is 0.179 e. The summed E-state index contributed by atoms with van der Waals surface area (Å²) in [4.78, 5) is 21.5. The molecule has 2 rings (SSSR count). The van der Waals surface area contributed by atoms with Crippen LogP contribution in [0.5, 0.6) is 0 Å². The lowest BCUT2D eigenvalue weighted by Crippen LogP contribution is -2.12. The molecule has 2 N–H and O–H groups in total. The fraction of sp³-hybridized carbons (Fsp3) is 0.167. The molecule has 2 heterocycles. The third kappa shape index (κ3) is 5.87. The van der Waals surface area contributed by atoms with Crippen LogP contribution in [0.15, 0.2) is 46.0 Å². The summed E-state index contributed by atoms with van der Waals surface area (Å²) in [5, 5.41) is 0.354. The topological polar surface area (TPSA) is 86.4 Å². The Kier molecular flexibility index (Phi) is 8.86. The number of ketones is 2. The maximum atomic E-state index is 10.8. The van der Waals surface area contributed by atoms with Crippen LogP contribution in [0.1, 0.15) is 20.7 Å². The Balaban J connectivity index is 0.000000324. The molecule has 2 aromatic rings. The SMILES string of the molecule is Cl.NCC(=O)c1ccoc1.O=C(CBr)c1ccoc1. The first kappa shape index (κ1) is 17.6. The van der Waals surface area contributed by atoms with Crippen molar-refractivity contribution in [2.24, 2.45) is 5.73 Å². The van der Waals surface area contributed by atoms with Crippen LogP contribution >= 0.6 is 28.3 Å². The van der Waals surface area contributed by atoms with Gasteiger partial charge in [0.1, 0.15) is 12.5 Å². The predicted octanol–water partition coefficient (Wildman–Crippen LogP) is 2.70. The second-order valence-corrected chi connectivity index (χ2v) is 3.77. The van der Waals surface area contributed by atoms with E-state index in [4.69, 9.17) is 10.2 Å². The second kappa shape index (κ2) is 9.55. The number of hydrogen-bond acceptors (Lipinski definition) is 5. The Hall–Kier alpha value is -1.37. The minimum absolute atomic E-state index is 0. The van der Waals surface area contributed by atoms with Crippen molar-refractivity contribution in [1.82, 2.24) is 0 Å². The highest BCUT2D eigenvalue weighted by Gasteiger charge is 2.02. The molecule has 19 heavy (non-hydrogen) atoms. The Labute approximate surface area is 124 Å². The molecule has 7 heteroatoms. The van der Waals surface area contributed by atoms with Crippen molar-refractivity contribution in [2.45, 2.75) is 0 Å². The van der Waals surface area contributed by atoms with Gasteiger partial charge in [0.25, 0.3) is 0 Å². The van der Waals surface area contributed by atoms with E-state index in [1.165, 1.54) is 25.1 Å². The molecule has 0 aliphatic carbocycles. The summed E-state index contributed by atoms with van der Waals surface area (Å²) in [6.07, 6.45) is 5.75. The van der Waals surface area contributed by atoms with Crippen LogP contribution in [0.4, 0.5) is 0 Å². The van der Waals surface area contributed by atoms with Gasteiger partial charge in [-0.25, -0.2) is 0 Å². The zero-order valence-corrected chi connectivity index (χ0v) is 12.3. The van der Waals surface area contributed by atoms with Crippen molar-refractivity contribution >= 4 is 39.9 Å². The van der Waals surface area contributed by atoms with Gasteiger partial charge in [0.05, 0.1) is 35.5 Å². The van der Waals surface area contributed by atoms with Gasteiger partial charge < -0.3 is 14.6 Å². The first-order chi connectivity index (χ1) is 8.69. The van der Waals surface area contributed by atoms with E-state index in [9.17, 15) is 9.59 Å². The highest BCUT2D eigenvalue weighted by atomic mass is 79.9. The lowest BCUT2D eigenvalue weighted by Gasteiger charge is -1.85. The van der Waals surface area contributed by atoms with Crippen molar-refractivity contribution in [1.29, 1.82) is 0 Å². The summed E-state index contributed by atoms with van der Waals surface area (Å²) in [7, 11) is 0. The molecule has 0 amide bonds. The minimum Gasteiger partial charge on any atom is -0.472 e. The summed E-state index contributed by atoms with van der Waals surface area (Å²) >= 11 is 3.04. The number of hydrogen-bond donors (Lipinski definition) is 1. The maximum absolute atomic E-state index is 10.8. The Bertz CT molecular complexity index is 436. The zero-order valence-electron chi connectivity index (χ0n) is 9.87. The average Bonchev–Trinajstić information content (AvgIpc) is 3.09. The van der Waals surface area contributed by atoms with Crippen LogP contribution in [0.3, 0.4) is 0 Å². The summed E-state index contributed by atoms with van der Waals surface area (Å²) in [6, 6.07) is 3.23. The number of nitrogens with two attached hydrogens (primary N) is 1. The molecule has 104 valence electrons. The van der Waals surface area contributed by atoms with Gasteiger partial charge in [-0.3, -0.25) is 9.59 Å². The number of furan rings is 2. The van der Waals surface area contributed by atoms with Gasteiger partial charge in [0, 0.05) is 0 Å². The Morgan fingerprint density at radius 2 is 1.53 bits per heavy atom. The number of carbonyl (C=O) groups is 2. The van der Waals surface area contributed by atoms with E-state index in [0.717, 1.165) is 0 Å². The summed E-state index contributed by atoms with van der Waals surface area (Å²) < 4.78 is 9.36. The van der Waals surface area contributed by atoms with Crippen LogP contribution in [-0.2, 0) is 0 Å². The molecule has 0 atom stereocenters. The largest absolute Gasteiger partial charge is 0.472 e. The van der Waals surface area contributed by atoms with Crippen molar-refractivity contribution in [3.05, 3.63) is 48.3 Å². The first-order valence-corrected chi connectivity index (χ1v) is 6.18. The van der Waals surface area contributed by atoms with E-state index in [1.807, 2.05) is 0 Å².